The molecule has 80 valence electrons. The Morgan fingerprint density at radius 1 is 1.40 bits per heavy atom. The van der Waals surface area contributed by atoms with E-state index in [1.54, 1.807) is 19.1 Å². The molecule has 0 heterocycles. The molecule has 0 amide bonds. The van der Waals surface area contributed by atoms with E-state index in [2.05, 4.69) is 6.58 Å². The largest absolute Gasteiger partial charge is 0.490 e. The summed E-state index contributed by atoms with van der Waals surface area (Å²) in [7, 11) is 0. The lowest BCUT2D eigenvalue weighted by Crippen LogP contribution is -1.93. The molecule has 0 fully saturated rings. The fourth-order valence-corrected chi connectivity index (χ4v) is 1.08. The van der Waals surface area contributed by atoms with E-state index in [4.69, 9.17) is 9.84 Å². The Balaban J connectivity index is 2.59. The van der Waals surface area contributed by atoms with Crippen LogP contribution in [0.3, 0.4) is 0 Å². The van der Waals surface area contributed by atoms with Gasteiger partial charge in [-0.25, -0.2) is 0 Å². The van der Waals surface area contributed by atoms with Crippen LogP contribution in [0.4, 0.5) is 0 Å². The van der Waals surface area contributed by atoms with Crippen LogP contribution in [0.1, 0.15) is 12.5 Å². The Labute approximate surface area is 90.5 Å². The van der Waals surface area contributed by atoms with Crippen LogP contribution in [0.25, 0.3) is 6.08 Å². The molecule has 0 aliphatic heterocycles. The lowest BCUT2D eigenvalue weighted by molar-refractivity contribution is 0.245. The molecule has 2 heteroatoms. The highest BCUT2D eigenvalue weighted by molar-refractivity contribution is 5.50. The van der Waals surface area contributed by atoms with Crippen LogP contribution in [0, 0.1) is 0 Å². The highest BCUT2D eigenvalue weighted by Crippen LogP contribution is 2.13. The Bertz CT molecular complexity index is 323. The second-order valence-electron chi connectivity index (χ2n) is 3.27. The molecule has 1 rings (SSSR count). The van der Waals surface area contributed by atoms with Crippen molar-refractivity contribution in [2.24, 2.45) is 0 Å². The average Bonchev–Trinajstić information content (AvgIpc) is 2.25. The first-order valence-electron chi connectivity index (χ1n) is 4.92. The second-order valence-corrected chi connectivity index (χ2v) is 3.27. The number of benzene rings is 1. The summed E-state index contributed by atoms with van der Waals surface area (Å²) in [6.07, 6.45) is 4.91. The summed E-state index contributed by atoms with van der Waals surface area (Å²) in [6, 6.07) is 7.67. The Morgan fingerprint density at radius 2 is 2.07 bits per heavy atom. The van der Waals surface area contributed by atoms with Crippen molar-refractivity contribution in [2.75, 3.05) is 6.61 Å². The predicted molar refractivity (Wildman–Crippen MR) is 62.8 cm³/mol. The van der Waals surface area contributed by atoms with Gasteiger partial charge >= 0.3 is 0 Å². The Kier molecular flexibility index (Phi) is 4.64. The summed E-state index contributed by atoms with van der Waals surface area (Å²) in [5.41, 5.74) is 1.04. The molecule has 1 aromatic rings. The minimum Gasteiger partial charge on any atom is -0.490 e. The molecular weight excluding hydrogens is 188 g/mol. The maximum Gasteiger partial charge on any atom is 0.119 e. The molecule has 0 saturated heterocycles. The van der Waals surface area contributed by atoms with E-state index in [0.29, 0.717) is 6.61 Å². The molecular formula is C13H16O2. The van der Waals surface area contributed by atoms with Crippen LogP contribution in [0.15, 0.2) is 43.0 Å². The molecule has 0 radical (unpaired) electrons. The van der Waals surface area contributed by atoms with Crippen molar-refractivity contribution in [3.8, 4) is 5.75 Å². The predicted octanol–water partition coefficient (Wildman–Crippen LogP) is 2.65. The molecule has 1 atom stereocenters. The van der Waals surface area contributed by atoms with Crippen LogP contribution in [-0.2, 0) is 0 Å². The number of hydrogen-bond acceptors (Lipinski definition) is 2. The first kappa shape index (κ1) is 11.5. The lowest BCUT2D eigenvalue weighted by atomic mass is 10.2. The van der Waals surface area contributed by atoms with Gasteiger partial charge in [-0.3, -0.25) is 0 Å². The van der Waals surface area contributed by atoms with E-state index in [1.165, 1.54) is 0 Å². The molecule has 0 aliphatic carbocycles. The number of aliphatic hydroxyl groups excluding tert-OH is 1. The van der Waals surface area contributed by atoms with E-state index in [0.717, 1.165) is 11.3 Å². The van der Waals surface area contributed by atoms with E-state index in [1.807, 2.05) is 30.3 Å². The molecule has 1 aromatic carbocycles. The quantitative estimate of drug-likeness (QED) is 0.747. The SMILES string of the molecule is C=CCOc1ccc(/C=C/C(C)O)cc1. The highest BCUT2D eigenvalue weighted by atomic mass is 16.5. The van der Waals surface area contributed by atoms with Crippen molar-refractivity contribution < 1.29 is 9.84 Å². The van der Waals surface area contributed by atoms with E-state index < -0.39 is 6.10 Å². The number of ether oxygens (including phenoxy) is 1. The average molecular weight is 204 g/mol. The first-order chi connectivity index (χ1) is 7.22. The highest BCUT2D eigenvalue weighted by Gasteiger charge is 1.92. The van der Waals surface area contributed by atoms with Gasteiger partial charge in [0.1, 0.15) is 12.4 Å². The third kappa shape index (κ3) is 4.47. The molecule has 0 aromatic heterocycles. The third-order valence-corrected chi connectivity index (χ3v) is 1.82. The minimum absolute atomic E-state index is 0.415. The van der Waals surface area contributed by atoms with Gasteiger partial charge in [-0.05, 0) is 24.6 Å². The molecule has 1 N–H and O–H groups in total. The molecule has 0 bridgehead atoms. The zero-order valence-electron chi connectivity index (χ0n) is 8.89. The van der Waals surface area contributed by atoms with Gasteiger partial charge in [0, 0.05) is 0 Å². The van der Waals surface area contributed by atoms with Crippen LogP contribution in [0.2, 0.25) is 0 Å². The van der Waals surface area contributed by atoms with E-state index in [9.17, 15) is 0 Å². The smallest absolute Gasteiger partial charge is 0.119 e. The number of aliphatic hydroxyl groups is 1. The monoisotopic (exact) mass is 204 g/mol. The van der Waals surface area contributed by atoms with Gasteiger partial charge in [0.25, 0.3) is 0 Å². The molecule has 15 heavy (non-hydrogen) atoms. The van der Waals surface area contributed by atoms with Gasteiger partial charge in [-0.15, -0.1) is 0 Å². The summed E-state index contributed by atoms with van der Waals surface area (Å²) in [4.78, 5) is 0. The van der Waals surface area contributed by atoms with Gasteiger partial charge in [0.05, 0.1) is 6.10 Å². The van der Waals surface area contributed by atoms with Crippen molar-refractivity contribution in [1.29, 1.82) is 0 Å². The maximum atomic E-state index is 9.06. The van der Waals surface area contributed by atoms with Gasteiger partial charge in [-0.2, -0.15) is 0 Å². The topological polar surface area (TPSA) is 29.5 Å². The maximum absolute atomic E-state index is 9.06. The summed E-state index contributed by atoms with van der Waals surface area (Å²) in [6.45, 7) is 5.82. The van der Waals surface area contributed by atoms with Crippen molar-refractivity contribution in [1.82, 2.24) is 0 Å². The number of rotatable bonds is 5. The van der Waals surface area contributed by atoms with Crippen LogP contribution < -0.4 is 4.74 Å². The third-order valence-electron chi connectivity index (χ3n) is 1.82. The molecule has 0 saturated carbocycles. The normalized spacial score (nSPS) is 12.7. The van der Waals surface area contributed by atoms with E-state index in [-0.39, 0.29) is 0 Å². The second kappa shape index (κ2) is 6.04. The van der Waals surface area contributed by atoms with Crippen molar-refractivity contribution in [3.63, 3.8) is 0 Å². The first-order valence-corrected chi connectivity index (χ1v) is 4.92. The molecule has 2 nitrogen and oxygen atoms in total. The Morgan fingerprint density at radius 3 is 2.60 bits per heavy atom. The summed E-state index contributed by atoms with van der Waals surface area (Å²) < 4.78 is 5.34. The van der Waals surface area contributed by atoms with Crippen molar-refractivity contribution in [3.05, 3.63) is 48.6 Å². The van der Waals surface area contributed by atoms with Gasteiger partial charge in [-0.1, -0.05) is 36.9 Å². The summed E-state index contributed by atoms with van der Waals surface area (Å²) in [5, 5.41) is 9.06. The zero-order valence-corrected chi connectivity index (χ0v) is 8.89. The molecule has 1 unspecified atom stereocenters. The fraction of sp³-hybridized carbons (Fsp3) is 0.231. The van der Waals surface area contributed by atoms with Gasteiger partial charge < -0.3 is 9.84 Å². The van der Waals surface area contributed by atoms with Crippen LogP contribution >= 0.6 is 0 Å². The van der Waals surface area contributed by atoms with Crippen molar-refractivity contribution >= 4 is 6.08 Å². The summed E-state index contributed by atoms with van der Waals surface area (Å²) in [5.74, 6) is 0.823. The van der Waals surface area contributed by atoms with E-state index >= 15 is 0 Å². The lowest BCUT2D eigenvalue weighted by Gasteiger charge is -2.02. The molecule has 0 aliphatic rings. The summed E-state index contributed by atoms with van der Waals surface area (Å²) >= 11 is 0. The zero-order chi connectivity index (χ0) is 11.1. The van der Waals surface area contributed by atoms with Gasteiger partial charge in [0.2, 0.25) is 0 Å². The van der Waals surface area contributed by atoms with Crippen molar-refractivity contribution in [2.45, 2.75) is 13.0 Å². The van der Waals surface area contributed by atoms with Crippen LogP contribution in [-0.4, -0.2) is 17.8 Å². The number of hydrogen-bond donors (Lipinski definition) is 1. The standard InChI is InChI=1S/C13H16O2/c1-3-10-15-13-8-6-12(7-9-13)5-4-11(2)14/h3-9,11,14H,1,10H2,2H3/b5-4+. The molecule has 0 spiro atoms. The minimum atomic E-state index is -0.415. The Hall–Kier alpha value is -1.54. The fourth-order valence-electron chi connectivity index (χ4n) is 1.08. The van der Waals surface area contributed by atoms with Gasteiger partial charge in [0.15, 0.2) is 0 Å². The van der Waals surface area contributed by atoms with Crippen LogP contribution in [0.5, 0.6) is 5.75 Å².